The van der Waals surface area contributed by atoms with Gasteiger partial charge in [0.05, 0.1) is 12.2 Å². The Labute approximate surface area is 140 Å². The Morgan fingerprint density at radius 1 is 1.13 bits per heavy atom. The lowest BCUT2D eigenvalue weighted by Crippen LogP contribution is -2.43. The second-order valence-corrected chi connectivity index (χ2v) is 9.67. The summed E-state index contributed by atoms with van der Waals surface area (Å²) in [5.74, 6) is -0.463. The molecule has 0 fully saturated rings. The number of benzene rings is 1. The van der Waals surface area contributed by atoms with Gasteiger partial charge in [-0.3, -0.25) is 4.89 Å². The summed E-state index contributed by atoms with van der Waals surface area (Å²) in [7, 11) is -1.86. The van der Waals surface area contributed by atoms with E-state index < -0.39 is 14.0 Å². The van der Waals surface area contributed by atoms with Crippen molar-refractivity contribution in [2.24, 2.45) is 0 Å². The van der Waals surface area contributed by atoms with E-state index in [9.17, 15) is 4.79 Å². The van der Waals surface area contributed by atoms with Crippen molar-refractivity contribution in [1.29, 1.82) is 0 Å². The molecule has 1 aromatic rings. The first kappa shape index (κ1) is 19.4. The predicted octanol–water partition coefficient (Wildman–Crippen LogP) is 4.30. The van der Waals surface area contributed by atoms with Crippen molar-refractivity contribution < 1.29 is 14.6 Å². The van der Waals surface area contributed by atoms with Crippen molar-refractivity contribution in [2.75, 3.05) is 6.61 Å². The van der Waals surface area contributed by atoms with Crippen LogP contribution >= 0.6 is 0 Å². The molecule has 0 aromatic heterocycles. The Bertz CT molecular complexity index is 500. The third-order valence-electron chi connectivity index (χ3n) is 4.08. The molecule has 1 rings (SSSR count). The van der Waals surface area contributed by atoms with Crippen LogP contribution in [0.15, 0.2) is 48.8 Å². The molecule has 0 spiro atoms. The van der Waals surface area contributed by atoms with E-state index in [0.717, 1.165) is 31.7 Å². The van der Waals surface area contributed by atoms with Gasteiger partial charge in [0.25, 0.3) is 0 Å². The summed E-state index contributed by atoms with van der Waals surface area (Å²) in [5, 5.41) is 1.19. The molecule has 3 nitrogen and oxygen atoms in total. The lowest BCUT2D eigenvalue weighted by Gasteiger charge is -2.23. The van der Waals surface area contributed by atoms with E-state index in [2.05, 4.69) is 27.0 Å². The number of carbonyl (C=O) groups is 1. The average Bonchev–Trinajstić information content (AvgIpc) is 2.60. The molecular formula is C19H27O3Si. The lowest BCUT2D eigenvalue weighted by molar-refractivity contribution is -0.241. The van der Waals surface area contributed by atoms with E-state index >= 15 is 0 Å². The zero-order valence-electron chi connectivity index (χ0n) is 14.1. The van der Waals surface area contributed by atoms with E-state index in [1.54, 1.807) is 12.1 Å². The van der Waals surface area contributed by atoms with Gasteiger partial charge in [0, 0.05) is 0 Å². The maximum Gasteiger partial charge on any atom is 0.373 e. The van der Waals surface area contributed by atoms with Crippen LogP contribution in [0.2, 0.25) is 6.04 Å². The molecule has 1 aromatic carbocycles. The van der Waals surface area contributed by atoms with Crippen LogP contribution in [0.5, 0.6) is 0 Å². The molecule has 0 saturated heterocycles. The smallest absolute Gasteiger partial charge is 0.293 e. The Balaban J connectivity index is 2.57. The normalized spacial score (nSPS) is 11.0. The first-order valence-corrected chi connectivity index (χ1v) is 10.5. The molecule has 125 valence electrons. The van der Waals surface area contributed by atoms with Crippen LogP contribution < -0.4 is 5.19 Å². The molecule has 1 radical (unpaired) electrons. The Kier molecular flexibility index (Phi) is 8.59. The summed E-state index contributed by atoms with van der Waals surface area (Å²) in [6, 6.07) is 8.47. The van der Waals surface area contributed by atoms with Gasteiger partial charge in [0.2, 0.25) is 0 Å². The minimum Gasteiger partial charge on any atom is -0.293 e. The summed E-state index contributed by atoms with van der Waals surface area (Å²) < 4.78 is 0. The molecule has 4 heteroatoms. The van der Waals surface area contributed by atoms with E-state index in [4.69, 9.17) is 9.78 Å². The summed E-state index contributed by atoms with van der Waals surface area (Å²) in [6.07, 6.45) is 3.88. The maximum atomic E-state index is 11.9. The Morgan fingerprint density at radius 3 is 2.30 bits per heavy atom. The Morgan fingerprint density at radius 2 is 1.78 bits per heavy atom. The summed E-state index contributed by atoms with van der Waals surface area (Å²) in [6.45, 7) is 14.2. The molecule has 0 bridgehead atoms. The van der Waals surface area contributed by atoms with Gasteiger partial charge in [-0.1, -0.05) is 61.8 Å². The molecular weight excluding hydrogens is 304 g/mol. The number of unbranched alkanes of at least 4 members (excludes halogenated alkanes) is 3. The summed E-state index contributed by atoms with van der Waals surface area (Å²) >= 11 is 0. The topological polar surface area (TPSA) is 35.5 Å². The highest BCUT2D eigenvalue weighted by Crippen LogP contribution is 2.13. The fourth-order valence-electron chi connectivity index (χ4n) is 2.39. The van der Waals surface area contributed by atoms with Crippen molar-refractivity contribution in [3.05, 3.63) is 61.3 Å². The maximum absolute atomic E-state index is 11.9. The average molecular weight is 332 g/mol. The van der Waals surface area contributed by atoms with Crippen LogP contribution in [0.4, 0.5) is 0 Å². The fraction of sp³-hybridized carbons (Fsp3) is 0.368. The number of hydrogen-bond donors (Lipinski definition) is 0. The number of rotatable bonds is 11. The monoisotopic (exact) mass is 331 g/mol. The van der Waals surface area contributed by atoms with Crippen LogP contribution in [-0.2, 0) is 9.78 Å². The highest BCUT2D eigenvalue weighted by Gasteiger charge is 2.26. The van der Waals surface area contributed by atoms with Gasteiger partial charge < -0.3 is 0 Å². The SMILES string of the molecule is [CH2]CCCCCOOC(=O)c1ccc([Si](C=C)(C=C)CC)cc1. The molecule has 0 unspecified atom stereocenters. The highest BCUT2D eigenvalue weighted by atomic mass is 28.3. The molecule has 0 amide bonds. The molecule has 0 aliphatic rings. The molecule has 0 atom stereocenters. The third-order valence-corrected chi connectivity index (χ3v) is 8.12. The zero-order valence-corrected chi connectivity index (χ0v) is 15.1. The van der Waals surface area contributed by atoms with Crippen LogP contribution in [0.25, 0.3) is 0 Å². The predicted molar refractivity (Wildman–Crippen MR) is 97.9 cm³/mol. The van der Waals surface area contributed by atoms with Gasteiger partial charge in [-0.25, -0.2) is 4.79 Å². The van der Waals surface area contributed by atoms with Gasteiger partial charge in [-0.15, -0.1) is 13.2 Å². The van der Waals surface area contributed by atoms with Crippen molar-refractivity contribution in [3.8, 4) is 0 Å². The fourth-order valence-corrected chi connectivity index (χ4v) is 4.80. The summed E-state index contributed by atoms with van der Waals surface area (Å²) in [5.41, 5.74) is 4.52. The van der Waals surface area contributed by atoms with Crippen molar-refractivity contribution >= 4 is 19.2 Å². The first-order chi connectivity index (χ1) is 11.1. The molecule has 0 saturated carbocycles. The minimum atomic E-state index is -1.86. The molecule has 0 N–H and O–H groups in total. The first-order valence-electron chi connectivity index (χ1n) is 8.14. The zero-order chi connectivity index (χ0) is 17.1. The van der Waals surface area contributed by atoms with Crippen molar-refractivity contribution in [2.45, 2.75) is 38.7 Å². The second kappa shape index (κ2) is 10.2. The van der Waals surface area contributed by atoms with Crippen LogP contribution in [-0.4, -0.2) is 20.7 Å². The van der Waals surface area contributed by atoms with Gasteiger partial charge in [0.1, 0.15) is 8.07 Å². The largest absolute Gasteiger partial charge is 0.373 e. The van der Waals surface area contributed by atoms with Gasteiger partial charge >= 0.3 is 5.97 Å². The molecule has 0 aliphatic heterocycles. The third kappa shape index (κ3) is 5.48. The van der Waals surface area contributed by atoms with Crippen molar-refractivity contribution in [3.63, 3.8) is 0 Å². The lowest BCUT2D eigenvalue weighted by atomic mass is 10.2. The second-order valence-electron chi connectivity index (χ2n) is 5.49. The van der Waals surface area contributed by atoms with Gasteiger partial charge in [-0.2, -0.15) is 4.89 Å². The van der Waals surface area contributed by atoms with Crippen molar-refractivity contribution in [1.82, 2.24) is 0 Å². The van der Waals surface area contributed by atoms with E-state index in [0.29, 0.717) is 12.2 Å². The Hall–Kier alpha value is -1.65. The van der Waals surface area contributed by atoms with Gasteiger partial charge in [-0.05, 0) is 24.6 Å². The highest BCUT2D eigenvalue weighted by molar-refractivity contribution is 6.99. The standard InChI is InChI=1S/C19H27O3Si/c1-5-9-10-11-16-21-22-19(20)17-12-14-18(15-13-17)23(6-2,7-3)8-4/h6-7,12-15H,1-3,5,8-11,16H2,4H3. The quantitative estimate of drug-likeness (QED) is 0.262. The minimum absolute atomic E-state index is 0.419. The molecule has 0 heterocycles. The van der Waals surface area contributed by atoms with Crippen LogP contribution in [0.1, 0.15) is 43.0 Å². The number of carbonyl (C=O) groups excluding carboxylic acids is 1. The number of hydrogen-bond acceptors (Lipinski definition) is 3. The van der Waals surface area contributed by atoms with Crippen LogP contribution in [0.3, 0.4) is 0 Å². The molecule has 23 heavy (non-hydrogen) atoms. The molecule has 0 aliphatic carbocycles. The van der Waals surface area contributed by atoms with Crippen LogP contribution in [0, 0.1) is 6.92 Å². The van der Waals surface area contributed by atoms with Gasteiger partial charge in [0.15, 0.2) is 0 Å². The van der Waals surface area contributed by atoms with E-state index in [1.807, 2.05) is 23.5 Å². The van der Waals surface area contributed by atoms with E-state index in [-0.39, 0.29) is 0 Å². The summed E-state index contributed by atoms with van der Waals surface area (Å²) in [4.78, 5) is 21.7. The van der Waals surface area contributed by atoms with E-state index in [1.165, 1.54) is 5.19 Å².